The van der Waals surface area contributed by atoms with Crippen molar-refractivity contribution in [2.45, 2.75) is 41.5 Å². The molecule has 0 saturated carbocycles. The van der Waals surface area contributed by atoms with E-state index in [1.165, 1.54) is 60.2 Å². The first kappa shape index (κ1) is 48.3. The highest BCUT2D eigenvalue weighted by atomic mass is 16.6. The standard InChI is InChI=1S/C17H18N2O3.C16H13N3O6.C16H14N2O4/c1-9-6-13(20)18(3)15-11(9)8-12-10(2)7-14(21)19(4)16(12)17(15)22-5;1-6-5-8(20)17(3)12-9(6)14(21)10-7(2)11(19(24)25)16(23)18(4)13(10)15(12)22;1-7-5-9(19)17(3)13-11(7)15(21)12-8(2)6-10(20)18(4)14(12)16(13)22/h6-8H,1-5H3;5H,1-4H3;5-6H,1-4H3. The van der Waals surface area contributed by atoms with Crippen LogP contribution < -0.4 is 38.1 Å². The van der Waals surface area contributed by atoms with Crippen molar-refractivity contribution >= 4 is 50.6 Å². The molecule has 20 heteroatoms. The molecule has 0 aliphatic heterocycles. The number of hydrogen-bond donors (Lipinski definition) is 0. The first-order valence-electron chi connectivity index (χ1n) is 21.1. The van der Waals surface area contributed by atoms with Gasteiger partial charge in [0, 0.05) is 89.0 Å². The Morgan fingerprint density at radius 3 is 1.06 bits per heavy atom. The van der Waals surface area contributed by atoms with Gasteiger partial charge in [-0.2, -0.15) is 0 Å². The molecule has 20 nitrogen and oxygen atoms in total. The Kier molecular flexibility index (Phi) is 11.8. The van der Waals surface area contributed by atoms with Crippen LogP contribution in [0.3, 0.4) is 0 Å². The molecule has 0 unspecified atom stereocenters. The average molecular weight is 940 g/mol. The van der Waals surface area contributed by atoms with Gasteiger partial charge in [0.05, 0.1) is 45.3 Å². The van der Waals surface area contributed by atoms with Gasteiger partial charge in [0.15, 0.2) is 17.3 Å². The number of rotatable bonds is 2. The van der Waals surface area contributed by atoms with E-state index in [2.05, 4.69) is 0 Å². The number of carbonyl (C=O) groups excluding carboxylic acids is 4. The third-order valence-electron chi connectivity index (χ3n) is 13.0. The fraction of sp³-hybridized carbons (Fsp3) is 0.265. The zero-order chi connectivity index (χ0) is 51.3. The Bertz CT molecular complexity index is 3830. The second-order valence-electron chi connectivity index (χ2n) is 17.1. The van der Waals surface area contributed by atoms with Crippen molar-refractivity contribution in [3.63, 3.8) is 0 Å². The van der Waals surface area contributed by atoms with Gasteiger partial charge >= 0.3 is 11.2 Å². The number of nitro groups is 1. The third kappa shape index (κ3) is 7.13. The van der Waals surface area contributed by atoms with Crippen molar-refractivity contribution in [3.8, 4) is 5.75 Å². The van der Waals surface area contributed by atoms with E-state index in [0.717, 1.165) is 40.2 Å². The van der Waals surface area contributed by atoms with Crippen molar-refractivity contribution in [2.24, 2.45) is 42.3 Å². The van der Waals surface area contributed by atoms with E-state index in [1.54, 1.807) is 56.3 Å². The Morgan fingerprint density at radius 2 is 0.725 bits per heavy atom. The van der Waals surface area contributed by atoms with Gasteiger partial charge in [-0.05, 0) is 75.4 Å². The number of ether oxygens (including phenoxy) is 1. The smallest absolute Gasteiger partial charge is 0.337 e. The molecule has 0 amide bonds. The number of aryl methyl sites for hydroxylation is 7. The van der Waals surface area contributed by atoms with Crippen LogP contribution in [0.1, 0.15) is 97.6 Å². The predicted octanol–water partition coefficient (Wildman–Crippen LogP) is 2.88. The molecule has 0 N–H and O–H groups in total. The van der Waals surface area contributed by atoms with Gasteiger partial charge in [-0.1, -0.05) is 0 Å². The summed E-state index contributed by atoms with van der Waals surface area (Å²) in [6.45, 7) is 9.87. The third-order valence-corrected chi connectivity index (χ3v) is 13.0. The molecule has 9 rings (SSSR count). The number of hydrogen-bond acceptors (Lipinski definition) is 13. The van der Waals surface area contributed by atoms with Crippen LogP contribution in [0.15, 0.2) is 65.2 Å². The number of aromatic nitrogens is 6. The van der Waals surface area contributed by atoms with E-state index in [-0.39, 0.29) is 78.6 Å². The summed E-state index contributed by atoms with van der Waals surface area (Å²) in [6, 6.07) is 9.16. The average Bonchev–Trinajstić information content (AvgIpc) is 3.27. The lowest BCUT2D eigenvalue weighted by atomic mass is 9.84. The molecule has 2 aliphatic carbocycles. The Hall–Kier alpha value is -8.68. The van der Waals surface area contributed by atoms with Crippen molar-refractivity contribution < 1.29 is 28.8 Å². The minimum atomic E-state index is -0.983. The molecular weight excluding hydrogens is 895 g/mol. The maximum atomic E-state index is 13.0. The van der Waals surface area contributed by atoms with Gasteiger partial charge in [-0.15, -0.1) is 0 Å². The summed E-state index contributed by atoms with van der Waals surface area (Å²) >= 11 is 0. The van der Waals surface area contributed by atoms with E-state index < -0.39 is 39.1 Å². The molecule has 2 aliphatic rings. The zero-order valence-electron chi connectivity index (χ0n) is 39.9. The van der Waals surface area contributed by atoms with Crippen molar-refractivity contribution in [2.75, 3.05) is 7.11 Å². The molecule has 0 atom stereocenters. The van der Waals surface area contributed by atoms with E-state index in [9.17, 15) is 58.1 Å². The number of nitrogens with zero attached hydrogens (tertiary/aromatic N) is 7. The maximum Gasteiger partial charge on any atom is 0.337 e. The van der Waals surface area contributed by atoms with Crippen LogP contribution in [0.4, 0.5) is 5.69 Å². The Balaban J connectivity index is 0.000000153. The van der Waals surface area contributed by atoms with Gasteiger partial charge in [0.2, 0.25) is 11.6 Å². The molecule has 69 heavy (non-hydrogen) atoms. The van der Waals surface area contributed by atoms with Crippen LogP contribution in [0.25, 0.3) is 21.8 Å². The molecule has 0 saturated heterocycles. The van der Waals surface area contributed by atoms with Crippen LogP contribution in [-0.4, -0.2) is 62.6 Å². The van der Waals surface area contributed by atoms with Crippen LogP contribution >= 0.6 is 0 Å². The molecule has 0 bridgehead atoms. The highest BCUT2D eigenvalue weighted by molar-refractivity contribution is 6.29. The predicted molar refractivity (Wildman–Crippen MR) is 254 cm³/mol. The topological polar surface area (TPSA) is 253 Å². The van der Waals surface area contributed by atoms with Crippen LogP contribution in [-0.2, 0) is 42.3 Å². The van der Waals surface area contributed by atoms with Crippen LogP contribution in [0.2, 0.25) is 0 Å². The summed E-state index contributed by atoms with van der Waals surface area (Å²) < 4.78 is 12.9. The first-order valence-corrected chi connectivity index (χ1v) is 21.1. The monoisotopic (exact) mass is 939 g/mol. The zero-order valence-corrected chi connectivity index (χ0v) is 39.9. The molecule has 7 aromatic rings. The van der Waals surface area contributed by atoms with Crippen molar-refractivity contribution in [1.82, 2.24) is 27.4 Å². The molecule has 6 heterocycles. The summed E-state index contributed by atoms with van der Waals surface area (Å²) in [6.07, 6.45) is 0. The molecular formula is C49H45N7O13. The second-order valence-corrected chi connectivity index (χ2v) is 17.1. The van der Waals surface area contributed by atoms with E-state index in [1.807, 2.05) is 19.9 Å². The summed E-state index contributed by atoms with van der Waals surface area (Å²) in [5.41, 5.74) is 1.23. The SMILES string of the molecule is COc1c2c(cc3c(C)cc(=O)n(C)c13)c(C)cc(=O)n2C.Cc1cc(=O)n(C)c2c1C(=O)c1c(C)c([N+](=O)[O-])c(=O)n(C)c1C2=O.Cc1cc(=O)n(C)c2c1C(=O)c1c(C)cc(=O)n(C)c1C2=O. The first-order chi connectivity index (χ1) is 32.2. The molecule has 0 spiro atoms. The fourth-order valence-corrected chi connectivity index (χ4v) is 9.27. The lowest BCUT2D eigenvalue weighted by molar-refractivity contribution is -0.387. The van der Waals surface area contributed by atoms with E-state index in [4.69, 9.17) is 4.74 Å². The summed E-state index contributed by atoms with van der Waals surface area (Å²) in [4.78, 5) is 134. The summed E-state index contributed by atoms with van der Waals surface area (Å²) in [7, 11) is 10.4. The number of methoxy groups -OCH3 is 1. The molecule has 354 valence electrons. The van der Waals surface area contributed by atoms with Crippen LogP contribution in [0.5, 0.6) is 5.75 Å². The Labute approximate surface area is 389 Å². The van der Waals surface area contributed by atoms with Gasteiger partial charge < -0.3 is 32.1 Å². The molecule has 6 aromatic heterocycles. The number of fused-ring (bicyclic) bond motifs is 6. The second kappa shape index (κ2) is 16.9. The van der Waals surface area contributed by atoms with Crippen molar-refractivity contribution in [3.05, 3.63) is 187 Å². The van der Waals surface area contributed by atoms with E-state index >= 15 is 0 Å². The largest absolute Gasteiger partial charge is 0.492 e. The fourth-order valence-electron chi connectivity index (χ4n) is 9.27. The van der Waals surface area contributed by atoms with Gasteiger partial charge in [-0.25, -0.2) is 0 Å². The molecule has 0 radical (unpaired) electrons. The summed E-state index contributed by atoms with van der Waals surface area (Å²) in [5, 5.41) is 13.1. The van der Waals surface area contributed by atoms with Crippen LogP contribution in [0, 0.1) is 51.7 Å². The minimum absolute atomic E-state index is 0.0237. The molecule has 0 fully saturated rings. The van der Waals surface area contributed by atoms with Gasteiger partial charge in [-0.3, -0.25) is 58.1 Å². The normalized spacial score (nSPS) is 12.4. The highest BCUT2D eigenvalue weighted by Crippen LogP contribution is 2.36. The van der Waals surface area contributed by atoms with Gasteiger partial charge in [0.25, 0.3) is 27.8 Å². The maximum absolute atomic E-state index is 13.0. The number of benzene rings is 1. The summed E-state index contributed by atoms with van der Waals surface area (Å²) in [5.74, 6) is -1.56. The number of pyridine rings is 6. The minimum Gasteiger partial charge on any atom is -0.492 e. The van der Waals surface area contributed by atoms with Gasteiger partial charge in [0.1, 0.15) is 22.8 Å². The molecule has 1 aromatic carbocycles. The Morgan fingerprint density at radius 1 is 0.420 bits per heavy atom. The number of carbonyl (C=O) groups is 4. The number of ketones is 4. The lowest BCUT2D eigenvalue weighted by Gasteiger charge is -2.24. The van der Waals surface area contributed by atoms with Crippen molar-refractivity contribution in [1.29, 1.82) is 0 Å². The quantitative estimate of drug-likeness (QED) is 0.138. The highest BCUT2D eigenvalue weighted by Gasteiger charge is 2.40. The van der Waals surface area contributed by atoms with E-state index in [0.29, 0.717) is 33.5 Å². The lowest BCUT2D eigenvalue weighted by Crippen LogP contribution is -2.38.